The van der Waals surface area contributed by atoms with E-state index in [9.17, 15) is 9.59 Å². The first-order chi connectivity index (χ1) is 9.20. The van der Waals surface area contributed by atoms with Crippen LogP contribution in [-0.4, -0.2) is 24.1 Å². The van der Waals surface area contributed by atoms with Gasteiger partial charge in [-0.3, -0.25) is 9.59 Å². The maximum Gasteiger partial charge on any atom is 0.310 e. The van der Waals surface area contributed by atoms with E-state index >= 15 is 0 Å². The van der Waals surface area contributed by atoms with Crippen LogP contribution in [0, 0.1) is 17.8 Å². The lowest BCUT2D eigenvalue weighted by Gasteiger charge is -2.31. The predicted octanol–water partition coefficient (Wildman–Crippen LogP) is 3.33. The minimum Gasteiger partial charge on any atom is -0.465 e. The average Bonchev–Trinajstić information content (AvgIpc) is 2.33. The number of rotatable bonds is 4. The molecule has 0 radical (unpaired) electrons. The molecule has 4 nitrogen and oxygen atoms in total. The summed E-state index contributed by atoms with van der Waals surface area (Å²) in [6, 6.07) is 0. The molecule has 0 aliphatic heterocycles. The highest BCUT2D eigenvalue weighted by Gasteiger charge is 2.39. The fraction of sp³-hybridized carbons (Fsp3) is 0.875. The fourth-order valence-corrected chi connectivity index (χ4v) is 2.43. The summed E-state index contributed by atoms with van der Waals surface area (Å²) in [5.74, 6) is -0.875. The zero-order valence-electron chi connectivity index (χ0n) is 13.4. The Labute approximate surface area is 122 Å². The topological polar surface area (TPSA) is 52.6 Å². The first-order valence-corrected chi connectivity index (χ1v) is 7.60. The van der Waals surface area contributed by atoms with Gasteiger partial charge in [0.25, 0.3) is 0 Å². The molecule has 0 aromatic rings. The van der Waals surface area contributed by atoms with Gasteiger partial charge < -0.3 is 9.47 Å². The van der Waals surface area contributed by atoms with Gasteiger partial charge in [-0.1, -0.05) is 26.7 Å². The Balaban J connectivity index is 2.66. The number of hydrogen-bond donors (Lipinski definition) is 0. The van der Waals surface area contributed by atoms with E-state index in [1.807, 2.05) is 34.6 Å². The molecule has 0 amide bonds. The van der Waals surface area contributed by atoms with E-state index in [1.165, 1.54) is 0 Å². The van der Waals surface area contributed by atoms with Crippen molar-refractivity contribution in [3.05, 3.63) is 0 Å². The lowest BCUT2D eigenvalue weighted by atomic mass is 9.79. The Bertz CT molecular complexity index is 341. The van der Waals surface area contributed by atoms with Crippen LogP contribution in [0.1, 0.15) is 60.3 Å². The maximum absolute atomic E-state index is 12.2. The van der Waals surface area contributed by atoms with Crippen LogP contribution in [0.2, 0.25) is 0 Å². The van der Waals surface area contributed by atoms with E-state index in [0.717, 1.165) is 25.7 Å². The largest absolute Gasteiger partial charge is 0.465 e. The van der Waals surface area contributed by atoms with Gasteiger partial charge in [-0.2, -0.15) is 0 Å². The van der Waals surface area contributed by atoms with Crippen LogP contribution in [0.4, 0.5) is 0 Å². The van der Waals surface area contributed by atoms with Gasteiger partial charge in [-0.05, 0) is 39.5 Å². The highest BCUT2D eigenvalue weighted by atomic mass is 16.6. The Hall–Kier alpha value is -1.06. The molecule has 1 aliphatic rings. The van der Waals surface area contributed by atoms with Gasteiger partial charge in [0.05, 0.1) is 18.4 Å². The van der Waals surface area contributed by atoms with Crippen LogP contribution < -0.4 is 0 Å². The number of hydrogen-bond acceptors (Lipinski definition) is 4. The lowest BCUT2D eigenvalue weighted by molar-refractivity contribution is -0.170. The monoisotopic (exact) mass is 284 g/mol. The van der Waals surface area contributed by atoms with Crippen LogP contribution in [-0.2, 0) is 19.1 Å². The molecule has 0 aromatic carbocycles. The summed E-state index contributed by atoms with van der Waals surface area (Å²) < 4.78 is 10.7. The van der Waals surface area contributed by atoms with Crippen LogP contribution in [0.25, 0.3) is 0 Å². The summed E-state index contributed by atoms with van der Waals surface area (Å²) in [5, 5.41) is 0. The third kappa shape index (κ3) is 5.51. The predicted molar refractivity (Wildman–Crippen MR) is 77.1 cm³/mol. The molecular weight excluding hydrogens is 256 g/mol. The molecule has 1 saturated carbocycles. The number of carbonyl (C=O) groups is 2. The maximum atomic E-state index is 12.2. The smallest absolute Gasteiger partial charge is 0.310 e. The summed E-state index contributed by atoms with van der Waals surface area (Å²) in [5.41, 5.74) is -0.513. The van der Waals surface area contributed by atoms with Gasteiger partial charge >= 0.3 is 11.9 Å². The van der Waals surface area contributed by atoms with E-state index in [-0.39, 0.29) is 23.8 Å². The summed E-state index contributed by atoms with van der Waals surface area (Å²) in [6.07, 6.45) is 3.38. The molecular formula is C16H28O4. The van der Waals surface area contributed by atoms with Crippen molar-refractivity contribution >= 4 is 11.9 Å². The van der Waals surface area contributed by atoms with E-state index in [1.54, 1.807) is 0 Å². The van der Waals surface area contributed by atoms with Gasteiger partial charge in [0, 0.05) is 0 Å². The summed E-state index contributed by atoms with van der Waals surface area (Å²) in [7, 11) is 0. The highest BCUT2D eigenvalue weighted by Crippen LogP contribution is 2.33. The van der Waals surface area contributed by atoms with Crippen molar-refractivity contribution < 1.29 is 19.1 Å². The van der Waals surface area contributed by atoms with Crippen LogP contribution in [0.3, 0.4) is 0 Å². The molecule has 1 fully saturated rings. The zero-order valence-corrected chi connectivity index (χ0v) is 13.4. The molecule has 2 unspecified atom stereocenters. The first-order valence-electron chi connectivity index (χ1n) is 7.60. The minimum absolute atomic E-state index is 0.241. The molecule has 0 aromatic heterocycles. The minimum atomic E-state index is -0.513. The first kappa shape index (κ1) is 17.0. The quantitative estimate of drug-likeness (QED) is 0.743. The Morgan fingerprint density at radius 2 is 1.55 bits per heavy atom. The SMILES string of the molecule is CC(C)COC(=O)C1CCCCC1C(=O)OC(C)(C)C. The van der Waals surface area contributed by atoms with Crippen molar-refractivity contribution in [2.75, 3.05) is 6.61 Å². The number of ether oxygens (including phenoxy) is 2. The van der Waals surface area contributed by atoms with Crippen molar-refractivity contribution in [2.24, 2.45) is 17.8 Å². The third-order valence-electron chi connectivity index (χ3n) is 3.34. The lowest BCUT2D eigenvalue weighted by Crippen LogP contribution is -2.38. The van der Waals surface area contributed by atoms with E-state index in [0.29, 0.717) is 12.5 Å². The van der Waals surface area contributed by atoms with E-state index in [4.69, 9.17) is 9.47 Å². The molecule has 116 valence electrons. The van der Waals surface area contributed by atoms with Gasteiger partial charge in [0.2, 0.25) is 0 Å². The molecule has 1 aliphatic carbocycles. The van der Waals surface area contributed by atoms with Crippen LogP contribution >= 0.6 is 0 Å². The van der Waals surface area contributed by atoms with Gasteiger partial charge in [0.1, 0.15) is 5.60 Å². The molecule has 2 atom stereocenters. The molecule has 20 heavy (non-hydrogen) atoms. The molecule has 4 heteroatoms. The average molecular weight is 284 g/mol. The van der Waals surface area contributed by atoms with Crippen molar-refractivity contribution in [1.82, 2.24) is 0 Å². The number of esters is 2. The van der Waals surface area contributed by atoms with Crippen LogP contribution in [0.15, 0.2) is 0 Å². The Kier molecular flexibility index (Phi) is 6.03. The van der Waals surface area contributed by atoms with Gasteiger partial charge in [0.15, 0.2) is 0 Å². The second kappa shape index (κ2) is 7.09. The second-order valence-electron chi connectivity index (χ2n) is 7.05. The Morgan fingerprint density at radius 3 is 2.00 bits per heavy atom. The second-order valence-corrected chi connectivity index (χ2v) is 7.05. The van der Waals surface area contributed by atoms with Crippen molar-refractivity contribution in [3.8, 4) is 0 Å². The zero-order chi connectivity index (χ0) is 15.3. The summed E-state index contributed by atoms with van der Waals surface area (Å²) in [4.78, 5) is 24.4. The molecule has 0 spiro atoms. The normalized spacial score (nSPS) is 23.5. The molecule has 0 saturated heterocycles. The van der Waals surface area contributed by atoms with E-state index in [2.05, 4.69) is 0 Å². The fourth-order valence-electron chi connectivity index (χ4n) is 2.43. The Morgan fingerprint density at radius 1 is 1.05 bits per heavy atom. The summed E-state index contributed by atoms with van der Waals surface area (Å²) >= 11 is 0. The molecule has 0 heterocycles. The standard InChI is InChI=1S/C16H28O4/c1-11(2)10-19-14(17)12-8-6-7-9-13(12)15(18)20-16(3,4)5/h11-13H,6-10H2,1-5H3. The van der Waals surface area contributed by atoms with Crippen molar-refractivity contribution in [1.29, 1.82) is 0 Å². The third-order valence-corrected chi connectivity index (χ3v) is 3.34. The molecule has 1 rings (SSSR count). The van der Waals surface area contributed by atoms with E-state index < -0.39 is 5.60 Å². The van der Waals surface area contributed by atoms with Gasteiger partial charge in [-0.15, -0.1) is 0 Å². The number of carbonyl (C=O) groups excluding carboxylic acids is 2. The molecule has 0 bridgehead atoms. The molecule has 0 N–H and O–H groups in total. The highest BCUT2D eigenvalue weighted by molar-refractivity contribution is 5.82. The summed E-state index contributed by atoms with van der Waals surface area (Å²) in [6.45, 7) is 9.95. The van der Waals surface area contributed by atoms with Crippen LogP contribution in [0.5, 0.6) is 0 Å². The van der Waals surface area contributed by atoms with Crippen molar-refractivity contribution in [3.63, 3.8) is 0 Å². The van der Waals surface area contributed by atoms with Gasteiger partial charge in [-0.25, -0.2) is 0 Å². The van der Waals surface area contributed by atoms with Crippen molar-refractivity contribution in [2.45, 2.75) is 65.9 Å².